The predicted molar refractivity (Wildman–Crippen MR) is 87.5 cm³/mol. The van der Waals surface area contributed by atoms with Crippen molar-refractivity contribution in [1.82, 2.24) is 10.6 Å². The van der Waals surface area contributed by atoms with Gasteiger partial charge >= 0.3 is 0 Å². The summed E-state index contributed by atoms with van der Waals surface area (Å²) in [5.41, 5.74) is 2.54. The van der Waals surface area contributed by atoms with Crippen molar-refractivity contribution < 1.29 is 4.79 Å². The van der Waals surface area contributed by atoms with Gasteiger partial charge in [0.25, 0.3) is 0 Å². The first-order valence-corrected chi connectivity index (χ1v) is 7.93. The maximum atomic E-state index is 11.8. The van der Waals surface area contributed by atoms with Gasteiger partial charge in [-0.3, -0.25) is 4.79 Å². The Morgan fingerprint density at radius 3 is 2.62 bits per heavy atom. The minimum absolute atomic E-state index is 0.115. The van der Waals surface area contributed by atoms with E-state index < -0.39 is 0 Å². The van der Waals surface area contributed by atoms with E-state index in [1.807, 2.05) is 7.05 Å². The monoisotopic (exact) mass is 289 g/mol. The first-order valence-electron chi connectivity index (χ1n) is 7.93. The molecule has 1 aliphatic rings. The van der Waals surface area contributed by atoms with Gasteiger partial charge in [0.2, 0.25) is 5.91 Å². The van der Waals surface area contributed by atoms with Crippen LogP contribution >= 0.6 is 0 Å². The van der Waals surface area contributed by atoms with Crippen LogP contribution < -0.4 is 15.5 Å². The van der Waals surface area contributed by atoms with Gasteiger partial charge in [-0.2, -0.15) is 0 Å². The zero-order chi connectivity index (χ0) is 15.2. The fourth-order valence-corrected chi connectivity index (χ4v) is 3.15. The third-order valence-electron chi connectivity index (χ3n) is 4.46. The van der Waals surface area contributed by atoms with E-state index >= 15 is 0 Å². The summed E-state index contributed by atoms with van der Waals surface area (Å²) in [6, 6.07) is 9.18. The third kappa shape index (κ3) is 3.76. The fraction of sp³-hybridized carbons (Fsp3) is 0.588. The quantitative estimate of drug-likeness (QED) is 0.874. The molecular formula is C17H27N3O. The van der Waals surface area contributed by atoms with E-state index in [2.05, 4.69) is 46.7 Å². The summed E-state index contributed by atoms with van der Waals surface area (Å²) in [6.07, 6.45) is 3.15. The first kappa shape index (κ1) is 15.8. The lowest BCUT2D eigenvalue weighted by Crippen LogP contribution is -2.42. The summed E-state index contributed by atoms with van der Waals surface area (Å²) < 4.78 is 0. The molecule has 1 aromatic rings. The molecule has 0 aromatic heterocycles. The number of hydrogen-bond donors (Lipinski definition) is 2. The Kier molecular flexibility index (Phi) is 5.62. The number of anilines is 1. The van der Waals surface area contributed by atoms with E-state index in [0.717, 1.165) is 32.4 Å². The largest absolute Gasteiger partial charge is 0.371 e. The fourth-order valence-electron chi connectivity index (χ4n) is 3.15. The van der Waals surface area contributed by atoms with Crippen LogP contribution in [0.5, 0.6) is 0 Å². The highest BCUT2D eigenvalue weighted by Crippen LogP contribution is 2.25. The minimum atomic E-state index is 0.115. The molecule has 2 atom stereocenters. The van der Waals surface area contributed by atoms with Gasteiger partial charge in [0.15, 0.2) is 0 Å². The van der Waals surface area contributed by atoms with E-state index in [0.29, 0.717) is 6.04 Å². The molecule has 1 aliphatic heterocycles. The molecule has 2 rings (SSSR count). The maximum absolute atomic E-state index is 11.8. The van der Waals surface area contributed by atoms with Crippen LogP contribution in [-0.2, 0) is 4.79 Å². The number of nitrogens with zero attached hydrogens (tertiary/aromatic N) is 1. The smallest absolute Gasteiger partial charge is 0.224 e. The molecule has 1 saturated heterocycles. The van der Waals surface area contributed by atoms with Crippen molar-refractivity contribution in [3.8, 4) is 0 Å². The van der Waals surface area contributed by atoms with Crippen LogP contribution in [0, 0.1) is 5.92 Å². The molecule has 1 heterocycles. The van der Waals surface area contributed by atoms with E-state index in [-0.39, 0.29) is 11.8 Å². The lowest BCUT2D eigenvalue weighted by Gasteiger charge is -2.33. The van der Waals surface area contributed by atoms with E-state index in [4.69, 9.17) is 0 Å². The van der Waals surface area contributed by atoms with Gasteiger partial charge in [-0.25, -0.2) is 0 Å². The highest BCUT2D eigenvalue weighted by molar-refractivity contribution is 5.79. The second-order valence-electron chi connectivity index (χ2n) is 5.74. The van der Waals surface area contributed by atoms with Gasteiger partial charge in [0, 0.05) is 31.9 Å². The number of benzene rings is 1. The topological polar surface area (TPSA) is 44.4 Å². The number of amides is 1. The summed E-state index contributed by atoms with van der Waals surface area (Å²) in [7, 11) is 3.72. The van der Waals surface area contributed by atoms with E-state index in [1.54, 1.807) is 7.05 Å². The standard InChI is InChI=1S/C17H27N3O/c1-4-16(18-2)13-7-9-15(10-8-13)20-11-5-6-14(12-20)17(21)19-3/h7-10,14,16,18H,4-6,11-12H2,1-3H3,(H,19,21). The molecule has 4 nitrogen and oxygen atoms in total. The first-order chi connectivity index (χ1) is 10.2. The Morgan fingerprint density at radius 1 is 1.33 bits per heavy atom. The van der Waals surface area contributed by atoms with Crippen LogP contribution in [0.2, 0.25) is 0 Å². The van der Waals surface area contributed by atoms with Crippen LogP contribution in [0.1, 0.15) is 37.8 Å². The average Bonchev–Trinajstić information content (AvgIpc) is 2.56. The summed E-state index contributed by atoms with van der Waals surface area (Å²) in [4.78, 5) is 14.1. The number of carbonyl (C=O) groups excluding carboxylic acids is 1. The molecule has 1 aromatic carbocycles. The average molecular weight is 289 g/mol. The van der Waals surface area contributed by atoms with Gasteiger partial charge in [0.1, 0.15) is 0 Å². The van der Waals surface area contributed by atoms with Crippen molar-refractivity contribution in [3.05, 3.63) is 29.8 Å². The van der Waals surface area contributed by atoms with Gasteiger partial charge < -0.3 is 15.5 Å². The van der Waals surface area contributed by atoms with Crippen LogP contribution in [0.15, 0.2) is 24.3 Å². The zero-order valence-corrected chi connectivity index (χ0v) is 13.4. The molecule has 0 spiro atoms. The van der Waals surface area contributed by atoms with Gasteiger partial charge in [0.05, 0.1) is 5.92 Å². The van der Waals surface area contributed by atoms with Crippen molar-refractivity contribution in [2.24, 2.45) is 5.92 Å². The number of rotatable bonds is 5. The molecule has 0 aliphatic carbocycles. The van der Waals surface area contributed by atoms with E-state index in [9.17, 15) is 4.79 Å². The summed E-state index contributed by atoms with van der Waals surface area (Å²) >= 11 is 0. The Labute approximate surface area is 127 Å². The van der Waals surface area contributed by atoms with Crippen molar-refractivity contribution in [2.75, 3.05) is 32.1 Å². The molecule has 2 unspecified atom stereocenters. The number of piperidine rings is 1. The molecule has 4 heteroatoms. The van der Waals surface area contributed by atoms with Crippen molar-refractivity contribution in [1.29, 1.82) is 0 Å². The van der Waals surface area contributed by atoms with Gasteiger partial charge in [-0.15, -0.1) is 0 Å². The molecule has 116 valence electrons. The van der Waals surface area contributed by atoms with E-state index in [1.165, 1.54) is 11.3 Å². The molecular weight excluding hydrogens is 262 g/mol. The Hall–Kier alpha value is -1.55. The van der Waals surface area contributed by atoms with Crippen molar-refractivity contribution >= 4 is 11.6 Å². The molecule has 21 heavy (non-hydrogen) atoms. The molecule has 0 saturated carbocycles. The predicted octanol–water partition coefficient (Wildman–Crippen LogP) is 2.32. The zero-order valence-electron chi connectivity index (χ0n) is 13.4. The Balaban J connectivity index is 2.06. The Bertz CT molecular complexity index is 454. The lowest BCUT2D eigenvalue weighted by atomic mass is 9.96. The Morgan fingerprint density at radius 2 is 2.05 bits per heavy atom. The van der Waals surface area contributed by atoms with Crippen molar-refractivity contribution in [2.45, 2.75) is 32.2 Å². The molecule has 2 N–H and O–H groups in total. The molecule has 1 fully saturated rings. The number of hydrogen-bond acceptors (Lipinski definition) is 3. The highest BCUT2D eigenvalue weighted by Gasteiger charge is 2.25. The summed E-state index contributed by atoms with van der Waals surface area (Å²) in [6.45, 7) is 4.05. The second-order valence-corrected chi connectivity index (χ2v) is 5.74. The normalized spacial score (nSPS) is 20.1. The van der Waals surface area contributed by atoms with Crippen LogP contribution in [0.25, 0.3) is 0 Å². The lowest BCUT2D eigenvalue weighted by molar-refractivity contribution is -0.124. The molecule has 0 radical (unpaired) electrons. The minimum Gasteiger partial charge on any atom is -0.371 e. The van der Waals surface area contributed by atoms with Crippen molar-refractivity contribution in [3.63, 3.8) is 0 Å². The maximum Gasteiger partial charge on any atom is 0.224 e. The van der Waals surface area contributed by atoms with Gasteiger partial charge in [-0.1, -0.05) is 19.1 Å². The van der Waals surface area contributed by atoms with Crippen LogP contribution in [0.3, 0.4) is 0 Å². The third-order valence-corrected chi connectivity index (χ3v) is 4.46. The van der Waals surface area contributed by atoms with Gasteiger partial charge in [-0.05, 0) is 44.0 Å². The number of carbonyl (C=O) groups is 1. The van der Waals surface area contributed by atoms with Crippen LogP contribution in [0.4, 0.5) is 5.69 Å². The SMILES string of the molecule is CCC(NC)c1ccc(N2CCCC(C(=O)NC)C2)cc1. The number of nitrogens with one attached hydrogen (secondary N) is 2. The highest BCUT2D eigenvalue weighted by atomic mass is 16.1. The second kappa shape index (κ2) is 7.46. The molecule has 1 amide bonds. The van der Waals surface area contributed by atoms with Crippen LogP contribution in [-0.4, -0.2) is 33.1 Å². The summed E-state index contributed by atoms with van der Waals surface area (Å²) in [5.74, 6) is 0.279. The molecule has 0 bridgehead atoms. The summed E-state index contributed by atoms with van der Waals surface area (Å²) in [5, 5.41) is 6.10.